The normalized spacial score (nSPS) is 14.5. The van der Waals surface area contributed by atoms with Gasteiger partial charge in [0.15, 0.2) is 0 Å². The number of hydrogen-bond acceptors (Lipinski definition) is 5. The molecule has 0 aliphatic carbocycles. The molecule has 0 fully saturated rings. The minimum atomic E-state index is -0.786. The van der Waals surface area contributed by atoms with Gasteiger partial charge in [-0.2, -0.15) is 0 Å². The van der Waals surface area contributed by atoms with E-state index in [1.165, 1.54) is 18.6 Å². The molecule has 131 valence electrons. The van der Waals surface area contributed by atoms with E-state index >= 15 is 0 Å². The second-order valence-corrected chi connectivity index (χ2v) is 6.23. The summed E-state index contributed by atoms with van der Waals surface area (Å²) in [6, 6.07) is -1.48. The predicted molar refractivity (Wildman–Crippen MR) is 89.2 cm³/mol. The SMILES string of the molecule is CC[C@H](C)[C@@H](C=O)[N]C(=O)[C@H](CC(C)C)NC(=O)c1cnccn1. The average molecular weight is 333 g/mol. The van der Waals surface area contributed by atoms with Crippen molar-refractivity contribution in [2.45, 2.75) is 52.6 Å². The third-order valence-corrected chi connectivity index (χ3v) is 3.75. The van der Waals surface area contributed by atoms with Gasteiger partial charge in [-0.3, -0.25) is 14.6 Å². The second kappa shape index (κ2) is 9.75. The number of nitrogens with zero attached hydrogens (tertiary/aromatic N) is 3. The Morgan fingerprint density at radius 1 is 1.29 bits per heavy atom. The Kier molecular flexibility index (Phi) is 8.01. The van der Waals surface area contributed by atoms with Crippen LogP contribution in [-0.2, 0) is 9.59 Å². The van der Waals surface area contributed by atoms with Gasteiger partial charge < -0.3 is 10.1 Å². The number of aldehydes is 1. The smallest absolute Gasteiger partial charge is 0.272 e. The summed E-state index contributed by atoms with van der Waals surface area (Å²) in [5, 5.41) is 6.66. The highest BCUT2D eigenvalue weighted by Gasteiger charge is 2.28. The summed E-state index contributed by atoms with van der Waals surface area (Å²) in [6.07, 6.45) is 6.05. The Hall–Kier alpha value is -2.31. The molecule has 0 unspecified atom stereocenters. The van der Waals surface area contributed by atoms with Crippen molar-refractivity contribution in [2.75, 3.05) is 0 Å². The first-order valence-corrected chi connectivity index (χ1v) is 8.15. The molecular formula is C17H25N4O3. The molecular weight excluding hydrogens is 308 g/mol. The van der Waals surface area contributed by atoms with Gasteiger partial charge in [0.2, 0.25) is 0 Å². The van der Waals surface area contributed by atoms with Gasteiger partial charge in [-0.1, -0.05) is 34.1 Å². The van der Waals surface area contributed by atoms with Crippen molar-refractivity contribution in [1.82, 2.24) is 20.6 Å². The Balaban J connectivity index is 2.82. The van der Waals surface area contributed by atoms with E-state index in [0.717, 1.165) is 6.42 Å². The van der Waals surface area contributed by atoms with E-state index in [4.69, 9.17) is 0 Å². The van der Waals surface area contributed by atoms with Crippen LogP contribution in [0, 0.1) is 11.8 Å². The van der Waals surface area contributed by atoms with Crippen molar-refractivity contribution in [3.05, 3.63) is 24.3 Å². The summed E-state index contributed by atoms with van der Waals surface area (Å²) in [5.74, 6) is -0.821. The van der Waals surface area contributed by atoms with Gasteiger partial charge in [0, 0.05) is 12.4 Å². The van der Waals surface area contributed by atoms with Gasteiger partial charge in [-0.05, 0) is 18.3 Å². The van der Waals surface area contributed by atoms with Crippen LogP contribution in [0.4, 0.5) is 0 Å². The quantitative estimate of drug-likeness (QED) is 0.687. The van der Waals surface area contributed by atoms with Gasteiger partial charge in [-0.25, -0.2) is 10.3 Å². The Labute approximate surface area is 142 Å². The van der Waals surface area contributed by atoms with E-state index in [0.29, 0.717) is 12.7 Å². The van der Waals surface area contributed by atoms with Crippen LogP contribution in [0.1, 0.15) is 51.0 Å². The zero-order valence-electron chi connectivity index (χ0n) is 14.6. The first-order chi connectivity index (χ1) is 11.4. The van der Waals surface area contributed by atoms with Crippen LogP contribution in [0.3, 0.4) is 0 Å². The molecule has 7 nitrogen and oxygen atoms in total. The maximum absolute atomic E-state index is 12.5. The molecule has 0 aliphatic heterocycles. The lowest BCUT2D eigenvalue weighted by atomic mass is 9.98. The fraction of sp³-hybridized carbons (Fsp3) is 0.588. The van der Waals surface area contributed by atoms with E-state index in [2.05, 4.69) is 20.6 Å². The van der Waals surface area contributed by atoms with Crippen LogP contribution in [0.5, 0.6) is 0 Å². The molecule has 0 aromatic carbocycles. The van der Waals surface area contributed by atoms with Crippen molar-refractivity contribution in [3.8, 4) is 0 Å². The van der Waals surface area contributed by atoms with Crippen molar-refractivity contribution in [1.29, 1.82) is 0 Å². The average Bonchev–Trinajstić information content (AvgIpc) is 2.58. The lowest BCUT2D eigenvalue weighted by molar-refractivity contribution is -0.127. The van der Waals surface area contributed by atoms with Gasteiger partial charge in [0.25, 0.3) is 11.8 Å². The van der Waals surface area contributed by atoms with Gasteiger partial charge >= 0.3 is 0 Å². The first-order valence-electron chi connectivity index (χ1n) is 8.15. The second-order valence-electron chi connectivity index (χ2n) is 6.23. The molecule has 1 radical (unpaired) electrons. The van der Waals surface area contributed by atoms with E-state index in [1.807, 2.05) is 27.7 Å². The monoisotopic (exact) mass is 333 g/mol. The molecule has 1 N–H and O–H groups in total. The summed E-state index contributed by atoms with van der Waals surface area (Å²) in [5.41, 5.74) is 0.132. The third-order valence-electron chi connectivity index (χ3n) is 3.75. The van der Waals surface area contributed by atoms with Crippen molar-refractivity contribution >= 4 is 18.1 Å². The lowest BCUT2D eigenvalue weighted by Gasteiger charge is -2.22. The standard InChI is InChI=1S/C17H25N4O3/c1-5-12(4)15(10-22)21-16(23)13(8-11(2)3)20-17(24)14-9-18-6-7-19-14/h6-7,9-13,15H,5,8H2,1-4H3,(H,20,24)/t12-,13-,15+/m0/s1. The number of carbonyl (C=O) groups is 3. The van der Waals surface area contributed by atoms with Crippen LogP contribution in [0.25, 0.3) is 0 Å². The summed E-state index contributed by atoms with van der Waals surface area (Å²) in [7, 11) is 0. The van der Waals surface area contributed by atoms with E-state index in [1.54, 1.807) is 0 Å². The number of carbonyl (C=O) groups excluding carboxylic acids is 3. The molecule has 1 aromatic rings. The third kappa shape index (κ3) is 6.06. The summed E-state index contributed by atoms with van der Waals surface area (Å²) < 4.78 is 0. The van der Waals surface area contributed by atoms with Crippen molar-refractivity contribution < 1.29 is 14.4 Å². The molecule has 0 saturated heterocycles. The molecule has 0 saturated carbocycles. The highest BCUT2D eigenvalue weighted by atomic mass is 16.2. The van der Waals surface area contributed by atoms with Crippen LogP contribution in [-0.4, -0.2) is 40.2 Å². The minimum Gasteiger partial charge on any atom is -0.339 e. The molecule has 24 heavy (non-hydrogen) atoms. The minimum absolute atomic E-state index is 0.0261. The zero-order chi connectivity index (χ0) is 18.1. The van der Waals surface area contributed by atoms with E-state index in [9.17, 15) is 14.4 Å². The summed E-state index contributed by atoms with van der Waals surface area (Å²) in [6.45, 7) is 7.69. The largest absolute Gasteiger partial charge is 0.339 e. The topological polar surface area (TPSA) is 103 Å². The predicted octanol–water partition coefficient (Wildman–Crippen LogP) is 1.37. The first kappa shape index (κ1) is 19.7. The number of rotatable bonds is 9. The molecule has 3 atom stereocenters. The van der Waals surface area contributed by atoms with Crippen LogP contribution in [0.15, 0.2) is 18.6 Å². The number of hydrogen-bond donors (Lipinski definition) is 1. The highest BCUT2D eigenvalue weighted by molar-refractivity contribution is 5.96. The highest BCUT2D eigenvalue weighted by Crippen LogP contribution is 2.10. The Bertz CT molecular complexity index is 548. The Morgan fingerprint density at radius 2 is 2.00 bits per heavy atom. The number of aromatic nitrogens is 2. The van der Waals surface area contributed by atoms with Crippen LogP contribution >= 0.6 is 0 Å². The lowest BCUT2D eigenvalue weighted by Crippen LogP contribution is -2.48. The number of nitrogens with one attached hydrogen (secondary N) is 1. The summed E-state index contributed by atoms with van der Waals surface area (Å²) >= 11 is 0. The molecule has 1 aromatic heterocycles. The zero-order valence-corrected chi connectivity index (χ0v) is 14.6. The van der Waals surface area contributed by atoms with Crippen LogP contribution in [0.2, 0.25) is 0 Å². The Morgan fingerprint density at radius 3 is 2.50 bits per heavy atom. The van der Waals surface area contributed by atoms with Gasteiger partial charge in [-0.15, -0.1) is 0 Å². The molecule has 1 rings (SSSR count). The van der Waals surface area contributed by atoms with Crippen LogP contribution < -0.4 is 10.6 Å². The van der Waals surface area contributed by atoms with Gasteiger partial charge in [0.05, 0.1) is 6.20 Å². The molecule has 1 heterocycles. The molecule has 2 amide bonds. The van der Waals surface area contributed by atoms with Crippen molar-refractivity contribution in [2.24, 2.45) is 11.8 Å². The van der Waals surface area contributed by atoms with E-state index in [-0.39, 0.29) is 17.5 Å². The summed E-state index contributed by atoms with van der Waals surface area (Å²) in [4.78, 5) is 43.6. The van der Waals surface area contributed by atoms with Gasteiger partial charge in [0.1, 0.15) is 24.1 Å². The molecule has 0 bridgehead atoms. The fourth-order valence-electron chi connectivity index (χ4n) is 2.11. The maximum Gasteiger partial charge on any atom is 0.272 e. The molecule has 0 spiro atoms. The molecule has 0 aliphatic rings. The van der Waals surface area contributed by atoms with E-state index < -0.39 is 23.9 Å². The van der Waals surface area contributed by atoms with Crippen molar-refractivity contribution in [3.63, 3.8) is 0 Å². The molecule has 7 heteroatoms. The maximum atomic E-state index is 12.5. The number of amides is 2. The fourth-order valence-corrected chi connectivity index (χ4v) is 2.11.